The molecule has 6 heterocycles. The highest BCUT2D eigenvalue weighted by atomic mass is 16.3. The van der Waals surface area contributed by atoms with Crippen LogP contribution in [-0.2, 0) is 0 Å². The normalized spacial score (nSPS) is 12.2. The van der Waals surface area contributed by atoms with Gasteiger partial charge in [0.15, 0.2) is 11.2 Å². The van der Waals surface area contributed by atoms with Crippen LogP contribution in [0.1, 0.15) is 22.3 Å². The van der Waals surface area contributed by atoms with Crippen LogP contribution in [0.3, 0.4) is 0 Å². The fraction of sp³-hybridized carbons (Fsp3) is 0.0426. The van der Waals surface area contributed by atoms with Crippen molar-refractivity contribution in [3.8, 4) is 44.5 Å². The van der Waals surface area contributed by atoms with Crippen LogP contribution in [0.15, 0.2) is 312 Å². The van der Waals surface area contributed by atoms with E-state index in [0.29, 0.717) is 0 Å². The average molecular weight is 1280 g/mol. The van der Waals surface area contributed by atoms with Gasteiger partial charge in [-0.3, -0.25) is 0 Å². The van der Waals surface area contributed by atoms with Gasteiger partial charge in [0.1, 0.15) is 11.2 Å². The average Bonchev–Trinajstić information content (AvgIpc) is 1.49. The molecule has 0 saturated heterocycles. The summed E-state index contributed by atoms with van der Waals surface area (Å²) in [5.41, 5.74) is 30.5. The summed E-state index contributed by atoms with van der Waals surface area (Å²) < 4.78 is 20.1. The number of hydrogen-bond donors (Lipinski definition) is 0. The number of aromatic nitrogens is 2. The lowest BCUT2D eigenvalue weighted by atomic mass is 9.89. The zero-order valence-corrected chi connectivity index (χ0v) is 55.5. The molecule has 0 saturated carbocycles. The van der Waals surface area contributed by atoms with E-state index < -0.39 is 0 Å². The summed E-state index contributed by atoms with van der Waals surface area (Å²) in [6.45, 7) is 8.82. The first-order chi connectivity index (χ1) is 49.4. The monoisotopic (exact) mass is 1280 g/mol. The van der Waals surface area contributed by atoms with Gasteiger partial charge in [-0.25, -0.2) is 0 Å². The predicted molar refractivity (Wildman–Crippen MR) is 420 cm³/mol. The fourth-order valence-electron chi connectivity index (χ4n) is 17.5. The summed E-state index contributed by atoms with van der Waals surface area (Å²) in [6.07, 6.45) is 0. The standard InChI is InChI=1S/C94H62N4O2/c1-55-27-17-19-37-63(55)65-39-21-41-67-69-53-51-57(3)85(93(69)99-91(65)67)95(61-33-13-7-14-34-61)75-47-25-49-77-81(75)71-43-23-45-73-83-80(60-31-11-6-12-32-60)90-84(79(59-29-9-5-10-30-59)89(83)97(77)87(71)73)74-46-24-44-72-82-76(48-26-50-78(82)98(90)88(72)74)96(62-35-15-8-16-36-62)86-58(4)52-54-70-68-42-22-40-66(92(68)100-94(70)86)64-38-20-18-28-56(64)2/h5-54H,1-4H3. The van der Waals surface area contributed by atoms with Gasteiger partial charge < -0.3 is 27.4 Å². The second-order valence-electron chi connectivity index (χ2n) is 27.1. The molecule has 0 bridgehead atoms. The third-order valence-electron chi connectivity index (χ3n) is 21.7. The number of anilines is 6. The van der Waals surface area contributed by atoms with E-state index in [0.717, 1.165) is 133 Å². The molecule has 0 spiro atoms. The zero-order valence-electron chi connectivity index (χ0n) is 55.5. The number of aryl methyl sites for hydroxylation is 4. The third-order valence-corrected chi connectivity index (χ3v) is 21.7. The second-order valence-corrected chi connectivity index (χ2v) is 27.1. The van der Waals surface area contributed by atoms with Crippen molar-refractivity contribution in [1.29, 1.82) is 0 Å². The van der Waals surface area contributed by atoms with Gasteiger partial charge in [-0.2, -0.15) is 0 Å². The fourth-order valence-corrected chi connectivity index (χ4v) is 17.5. The van der Waals surface area contributed by atoms with Crippen molar-refractivity contribution in [3.05, 3.63) is 326 Å². The Morgan fingerprint density at radius 3 is 0.980 bits per heavy atom. The molecule has 470 valence electrons. The molecule has 0 N–H and O–H groups in total. The van der Waals surface area contributed by atoms with Crippen LogP contribution < -0.4 is 9.80 Å². The second kappa shape index (κ2) is 21.3. The lowest BCUT2D eigenvalue weighted by molar-refractivity contribution is 0.669. The molecule has 100 heavy (non-hydrogen) atoms. The third kappa shape index (κ3) is 7.73. The predicted octanol–water partition coefficient (Wildman–Crippen LogP) is 26.6. The van der Waals surface area contributed by atoms with E-state index in [9.17, 15) is 0 Å². The van der Waals surface area contributed by atoms with Gasteiger partial charge in [0, 0.05) is 98.3 Å². The van der Waals surface area contributed by atoms with Gasteiger partial charge in [-0.15, -0.1) is 0 Å². The molecule has 6 nitrogen and oxygen atoms in total. The molecule has 0 unspecified atom stereocenters. The molecule has 0 amide bonds. The van der Waals surface area contributed by atoms with E-state index >= 15 is 0 Å². The van der Waals surface area contributed by atoms with Gasteiger partial charge in [0.25, 0.3) is 0 Å². The maximum atomic E-state index is 7.40. The molecule has 21 aromatic rings. The quantitative estimate of drug-likeness (QED) is 0.137. The van der Waals surface area contributed by atoms with E-state index in [4.69, 9.17) is 8.83 Å². The first kappa shape index (κ1) is 56.3. The largest absolute Gasteiger partial charge is 0.453 e. The van der Waals surface area contributed by atoms with Crippen molar-refractivity contribution in [2.45, 2.75) is 27.7 Å². The number of hydrogen-bond acceptors (Lipinski definition) is 4. The summed E-state index contributed by atoms with van der Waals surface area (Å²) in [5.74, 6) is 0. The van der Waals surface area contributed by atoms with Crippen LogP contribution >= 0.6 is 0 Å². The summed E-state index contributed by atoms with van der Waals surface area (Å²) in [5, 5.41) is 13.8. The highest BCUT2D eigenvalue weighted by Crippen LogP contribution is 2.58. The van der Waals surface area contributed by atoms with Crippen molar-refractivity contribution in [2.75, 3.05) is 9.80 Å². The molecule has 0 aliphatic heterocycles. The summed E-state index contributed by atoms with van der Waals surface area (Å²) in [6, 6.07) is 111. The van der Waals surface area contributed by atoms with Gasteiger partial charge in [0.05, 0.1) is 55.8 Å². The Bertz CT molecular complexity index is 6520. The van der Waals surface area contributed by atoms with Crippen LogP contribution in [0, 0.1) is 27.7 Å². The van der Waals surface area contributed by atoms with E-state index in [2.05, 4.69) is 350 Å². The Hall–Kier alpha value is -12.9. The highest BCUT2D eigenvalue weighted by molar-refractivity contribution is 6.39. The SMILES string of the molecule is Cc1ccccc1-c1cccc2c1oc1c(N(c3ccccc3)c3cccc4c3c3cccc5c6c(-c7ccccc7)c7c(c(-c8ccccc8)c6n4c35)c3cccc4c5c(N(c6ccccc6)c6c(C)ccc8c6oc6c(-c9ccccc9C)cccc68)cccc5n7c43)c(C)ccc12. The molecule has 15 aromatic carbocycles. The van der Waals surface area contributed by atoms with Crippen molar-refractivity contribution < 1.29 is 8.83 Å². The smallest absolute Gasteiger partial charge is 0.159 e. The number of benzene rings is 15. The Morgan fingerprint density at radius 2 is 0.570 bits per heavy atom. The number of furan rings is 2. The first-order valence-corrected chi connectivity index (χ1v) is 34.6. The molecule has 0 aliphatic carbocycles. The molecule has 0 radical (unpaired) electrons. The molecule has 0 atom stereocenters. The number of nitrogens with zero attached hydrogens (tertiary/aromatic N) is 4. The molecule has 21 rings (SSSR count). The summed E-state index contributed by atoms with van der Waals surface area (Å²) >= 11 is 0. The minimum Gasteiger partial charge on any atom is -0.453 e. The Balaban J connectivity index is 0.872. The minimum atomic E-state index is 0.852. The maximum absolute atomic E-state index is 7.40. The maximum Gasteiger partial charge on any atom is 0.159 e. The number of para-hydroxylation sites is 6. The van der Waals surface area contributed by atoms with Crippen LogP contribution in [-0.4, -0.2) is 8.80 Å². The Kier molecular flexibility index (Phi) is 12.0. The van der Waals surface area contributed by atoms with Crippen LogP contribution in [0.2, 0.25) is 0 Å². The van der Waals surface area contributed by atoms with E-state index in [1.54, 1.807) is 0 Å². The summed E-state index contributed by atoms with van der Waals surface area (Å²) in [4.78, 5) is 4.94. The Morgan fingerprint density at radius 1 is 0.240 bits per heavy atom. The van der Waals surface area contributed by atoms with Gasteiger partial charge >= 0.3 is 0 Å². The molecular formula is C94H62N4O2. The first-order valence-electron chi connectivity index (χ1n) is 34.6. The molecule has 0 aliphatic rings. The van der Waals surface area contributed by atoms with Gasteiger partial charge in [-0.1, -0.05) is 255 Å². The van der Waals surface area contributed by atoms with Crippen LogP contribution in [0.25, 0.3) is 165 Å². The number of rotatable bonds is 10. The summed E-state index contributed by atoms with van der Waals surface area (Å²) in [7, 11) is 0. The zero-order chi connectivity index (χ0) is 66.2. The molecule has 6 heteroatoms. The van der Waals surface area contributed by atoms with Crippen LogP contribution in [0.5, 0.6) is 0 Å². The molecule has 0 fully saturated rings. The van der Waals surface area contributed by atoms with Crippen molar-refractivity contribution in [2.24, 2.45) is 0 Å². The van der Waals surface area contributed by atoms with E-state index in [-0.39, 0.29) is 0 Å². The Labute approximate surface area is 575 Å². The molecular weight excluding hydrogens is 1220 g/mol. The van der Waals surface area contributed by atoms with Crippen molar-refractivity contribution in [3.63, 3.8) is 0 Å². The minimum absolute atomic E-state index is 0.852. The topological polar surface area (TPSA) is 41.6 Å². The van der Waals surface area contributed by atoms with Gasteiger partial charge in [0.2, 0.25) is 0 Å². The molecule has 6 aromatic heterocycles. The lowest BCUT2D eigenvalue weighted by Crippen LogP contribution is -2.12. The van der Waals surface area contributed by atoms with Crippen molar-refractivity contribution in [1.82, 2.24) is 8.80 Å². The number of fused-ring (bicyclic) bond motifs is 18. The lowest BCUT2D eigenvalue weighted by Gasteiger charge is -2.28. The van der Waals surface area contributed by atoms with Crippen LogP contribution in [0.4, 0.5) is 34.1 Å². The van der Waals surface area contributed by atoms with Gasteiger partial charge in [-0.05, 0) is 121 Å². The highest BCUT2D eigenvalue weighted by Gasteiger charge is 2.34. The van der Waals surface area contributed by atoms with E-state index in [1.807, 2.05) is 0 Å². The van der Waals surface area contributed by atoms with E-state index in [1.165, 1.54) is 87.8 Å². The van der Waals surface area contributed by atoms with Crippen molar-refractivity contribution >= 4 is 154 Å².